The molecule has 0 amide bonds. The van der Waals surface area contributed by atoms with Crippen LogP contribution in [0.25, 0.3) is 0 Å². The van der Waals surface area contributed by atoms with Crippen LogP contribution in [0.2, 0.25) is 5.02 Å². The molecule has 0 spiro atoms. The third-order valence-corrected chi connectivity index (χ3v) is 1.78. The van der Waals surface area contributed by atoms with Crippen LogP contribution in [0.3, 0.4) is 0 Å². The molecular formula is C8H10Cl2FN. The Balaban J connectivity index is 0.00000121. The lowest BCUT2D eigenvalue weighted by atomic mass is 10.1. The summed E-state index contributed by atoms with van der Waals surface area (Å²) in [5, 5.41) is 0.389. The van der Waals surface area contributed by atoms with Gasteiger partial charge in [0.15, 0.2) is 0 Å². The summed E-state index contributed by atoms with van der Waals surface area (Å²) in [6.45, 7) is 1.80. The molecule has 0 heterocycles. The number of rotatable bonds is 1. The lowest BCUT2D eigenvalue weighted by Crippen LogP contribution is -2.05. The molecule has 1 nitrogen and oxygen atoms in total. The maximum atomic E-state index is 12.5. The molecule has 1 unspecified atom stereocenters. The minimum absolute atomic E-state index is 0. The van der Waals surface area contributed by atoms with Gasteiger partial charge in [-0.1, -0.05) is 17.7 Å². The first kappa shape index (κ1) is 11.7. The van der Waals surface area contributed by atoms with E-state index < -0.39 is 0 Å². The van der Waals surface area contributed by atoms with Crippen LogP contribution >= 0.6 is 24.0 Å². The van der Waals surface area contributed by atoms with Crippen molar-refractivity contribution in [1.29, 1.82) is 0 Å². The quantitative estimate of drug-likeness (QED) is 0.757. The Labute approximate surface area is 82.1 Å². The largest absolute Gasteiger partial charge is 0.324 e. The molecule has 0 radical (unpaired) electrons. The van der Waals surface area contributed by atoms with Crippen LogP contribution in [-0.4, -0.2) is 0 Å². The molecule has 0 bridgehead atoms. The normalized spacial score (nSPS) is 12.0. The Morgan fingerprint density at radius 3 is 2.50 bits per heavy atom. The first-order chi connectivity index (χ1) is 5.11. The van der Waals surface area contributed by atoms with E-state index in [-0.39, 0.29) is 24.3 Å². The molecule has 0 saturated carbocycles. The van der Waals surface area contributed by atoms with Gasteiger partial charge in [-0.25, -0.2) is 4.39 Å². The molecule has 2 N–H and O–H groups in total. The van der Waals surface area contributed by atoms with Gasteiger partial charge in [0.2, 0.25) is 0 Å². The monoisotopic (exact) mass is 209 g/mol. The van der Waals surface area contributed by atoms with E-state index in [0.717, 1.165) is 5.56 Å². The standard InChI is InChI=1S/C8H9ClFN.ClH/c1-5(11)7-3-2-6(10)4-8(7)9;/h2-5H,11H2,1H3;1H. The number of nitrogens with two attached hydrogens (primary N) is 1. The zero-order valence-electron chi connectivity index (χ0n) is 6.55. The molecule has 0 aliphatic rings. The maximum Gasteiger partial charge on any atom is 0.124 e. The second kappa shape index (κ2) is 4.65. The summed E-state index contributed by atoms with van der Waals surface area (Å²) in [7, 11) is 0. The van der Waals surface area contributed by atoms with Crippen molar-refractivity contribution in [1.82, 2.24) is 0 Å². The number of hydrogen-bond donors (Lipinski definition) is 1. The van der Waals surface area contributed by atoms with Crippen LogP contribution in [0.1, 0.15) is 18.5 Å². The molecule has 0 aliphatic carbocycles. The smallest absolute Gasteiger partial charge is 0.124 e. The fourth-order valence-corrected chi connectivity index (χ4v) is 1.21. The van der Waals surface area contributed by atoms with Crippen molar-refractivity contribution in [2.45, 2.75) is 13.0 Å². The lowest BCUT2D eigenvalue weighted by Gasteiger charge is -2.06. The van der Waals surface area contributed by atoms with Crippen molar-refractivity contribution in [3.63, 3.8) is 0 Å². The van der Waals surface area contributed by atoms with E-state index in [2.05, 4.69) is 0 Å². The van der Waals surface area contributed by atoms with Gasteiger partial charge in [0.1, 0.15) is 5.82 Å². The molecule has 68 valence electrons. The van der Waals surface area contributed by atoms with E-state index in [1.807, 2.05) is 0 Å². The molecule has 1 aromatic rings. The van der Waals surface area contributed by atoms with Crippen LogP contribution in [0.5, 0.6) is 0 Å². The molecule has 1 rings (SSSR count). The fraction of sp³-hybridized carbons (Fsp3) is 0.250. The van der Waals surface area contributed by atoms with Crippen molar-refractivity contribution in [3.8, 4) is 0 Å². The predicted molar refractivity (Wildman–Crippen MR) is 51.3 cm³/mol. The zero-order valence-corrected chi connectivity index (χ0v) is 8.12. The molecule has 1 atom stereocenters. The number of hydrogen-bond acceptors (Lipinski definition) is 1. The van der Waals surface area contributed by atoms with Gasteiger partial charge in [0, 0.05) is 11.1 Å². The molecule has 0 aromatic heterocycles. The molecule has 1 aromatic carbocycles. The Morgan fingerprint density at radius 2 is 2.08 bits per heavy atom. The summed E-state index contributed by atoms with van der Waals surface area (Å²) in [4.78, 5) is 0. The molecule has 0 saturated heterocycles. The maximum absolute atomic E-state index is 12.5. The third-order valence-electron chi connectivity index (χ3n) is 1.45. The second-order valence-corrected chi connectivity index (χ2v) is 2.86. The Kier molecular flexibility index (Phi) is 4.53. The van der Waals surface area contributed by atoms with Crippen LogP contribution in [0, 0.1) is 5.82 Å². The Hall–Kier alpha value is -0.310. The predicted octanol–water partition coefficient (Wildman–Crippen LogP) is 2.92. The molecular weight excluding hydrogens is 200 g/mol. The van der Waals surface area contributed by atoms with Gasteiger partial charge in [0.25, 0.3) is 0 Å². The van der Waals surface area contributed by atoms with Gasteiger partial charge in [-0.3, -0.25) is 0 Å². The minimum atomic E-state index is -0.334. The van der Waals surface area contributed by atoms with Crippen molar-refractivity contribution in [2.75, 3.05) is 0 Å². The van der Waals surface area contributed by atoms with E-state index in [9.17, 15) is 4.39 Å². The fourth-order valence-electron chi connectivity index (χ4n) is 0.871. The van der Waals surface area contributed by atoms with E-state index >= 15 is 0 Å². The first-order valence-electron chi connectivity index (χ1n) is 3.32. The average molecular weight is 210 g/mol. The summed E-state index contributed by atoms with van der Waals surface area (Å²) in [6.07, 6.45) is 0. The highest BCUT2D eigenvalue weighted by Gasteiger charge is 2.04. The van der Waals surface area contributed by atoms with Crippen molar-refractivity contribution < 1.29 is 4.39 Å². The van der Waals surface area contributed by atoms with Gasteiger partial charge < -0.3 is 5.73 Å². The van der Waals surface area contributed by atoms with Gasteiger partial charge >= 0.3 is 0 Å². The SMILES string of the molecule is CC(N)c1ccc(F)cc1Cl.Cl. The van der Waals surface area contributed by atoms with Crippen molar-refractivity contribution in [2.24, 2.45) is 5.73 Å². The lowest BCUT2D eigenvalue weighted by molar-refractivity contribution is 0.626. The van der Waals surface area contributed by atoms with Crippen LogP contribution in [0.4, 0.5) is 4.39 Å². The topological polar surface area (TPSA) is 26.0 Å². The van der Waals surface area contributed by atoms with E-state index in [0.29, 0.717) is 5.02 Å². The summed E-state index contributed by atoms with van der Waals surface area (Å²) in [5.41, 5.74) is 6.33. The zero-order chi connectivity index (χ0) is 8.43. The van der Waals surface area contributed by atoms with Gasteiger partial charge in [0.05, 0.1) is 0 Å². The van der Waals surface area contributed by atoms with Crippen LogP contribution in [-0.2, 0) is 0 Å². The summed E-state index contributed by atoms with van der Waals surface area (Å²) < 4.78 is 12.5. The van der Waals surface area contributed by atoms with Gasteiger partial charge in [-0.05, 0) is 24.6 Å². The van der Waals surface area contributed by atoms with Crippen LogP contribution in [0.15, 0.2) is 18.2 Å². The number of benzene rings is 1. The van der Waals surface area contributed by atoms with Gasteiger partial charge in [-0.15, -0.1) is 12.4 Å². The third kappa shape index (κ3) is 2.63. The summed E-state index contributed by atoms with van der Waals surface area (Å²) in [5.74, 6) is -0.334. The van der Waals surface area contributed by atoms with E-state index in [1.165, 1.54) is 12.1 Å². The summed E-state index contributed by atoms with van der Waals surface area (Å²) in [6, 6.07) is 4.07. The highest BCUT2D eigenvalue weighted by molar-refractivity contribution is 6.31. The minimum Gasteiger partial charge on any atom is -0.324 e. The molecule has 12 heavy (non-hydrogen) atoms. The Morgan fingerprint density at radius 1 is 1.50 bits per heavy atom. The van der Waals surface area contributed by atoms with Crippen molar-refractivity contribution >= 4 is 24.0 Å². The molecule has 4 heteroatoms. The molecule has 0 fully saturated rings. The van der Waals surface area contributed by atoms with Gasteiger partial charge in [-0.2, -0.15) is 0 Å². The second-order valence-electron chi connectivity index (χ2n) is 2.45. The van der Waals surface area contributed by atoms with E-state index in [1.54, 1.807) is 13.0 Å². The van der Waals surface area contributed by atoms with Crippen molar-refractivity contribution in [3.05, 3.63) is 34.6 Å². The van der Waals surface area contributed by atoms with Crippen LogP contribution < -0.4 is 5.73 Å². The highest BCUT2D eigenvalue weighted by atomic mass is 35.5. The highest BCUT2D eigenvalue weighted by Crippen LogP contribution is 2.21. The number of halogens is 3. The van der Waals surface area contributed by atoms with E-state index in [4.69, 9.17) is 17.3 Å². The summed E-state index contributed by atoms with van der Waals surface area (Å²) >= 11 is 5.70. The Bertz CT molecular complexity index is 263. The molecule has 0 aliphatic heterocycles. The average Bonchev–Trinajstić information content (AvgIpc) is 1.85. The first-order valence-corrected chi connectivity index (χ1v) is 3.69.